The Balaban J connectivity index is 1.28. The van der Waals surface area contributed by atoms with Crippen LogP contribution in [0.2, 0.25) is 0 Å². The van der Waals surface area contributed by atoms with Crippen molar-refractivity contribution in [2.24, 2.45) is 23.7 Å². The van der Waals surface area contributed by atoms with Crippen LogP contribution in [-0.2, 0) is 14.3 Å². The normalized spacial score (nSPS) is 24.7. The van der Waals surface area contributed by atoms with E-state index in [9.17, 15) is 29.3 Å². The number of ether oxygens (including phenoxy) is 1. The first-order chi connectivity index (χ1) is 16.3. The van der Waals surface area contributed by atoms with Gasteiger partial charge in [0.15, 0.2) is 12.4 Å². The van der Waals surface area contributed by atoms with Crippen LogP contribution in [0, 0.1) is 33.8 Å². The molecule has 172 valence electrons. The number of ketones is 1. The maximum atomic E-state index is 13.1. The molecular formula is C25H20N2O7. The van der Waals surface area contributed by atoms with Gasteiger partial charge in [0.1, 0.15) is 0 Å². The lowest BCUT2D eigenvalue weighted by Gasteiger charge is -2.19. The molecule has 5 rings (SSSR count). The molecule has 4 atom stereocenters. The van der Waals surface area contributed by atoms with E-state index in [2.05, 4.69) is 6.08 Å². The maximum absolute atomic E-state index is 13.1. The summed E-state index contributed by atoms with van der Waals surface area (Å²) in [6.07, 6.45) is 2.93. The van der Waals surface area contributed by atoms with Gasteiger partial charge in [-0.15, -0.1) is 0 Å². The molecule has 34 heavy (non-hydrogen) atoms. The number of hydrogen-bond donors (Lipinski definition) is 0. The molecule has 0 unspecified atom stereocenters. The molecule has 2 bridgehead atoms. The Kier molecular flexibility index (Phi) is 5.11. The highest BCUT2D eigenvalue weighted by Crippen LogP contribution is 2.55. The van der Waals surface area contributed by atoms with Gasteiger partial charge in [-0.25, -0.2) is 9.69 Å². The van der Waals surface area contributed by atoms with Gasteiger partial charge in [-0.05, 0) is 55.5 Å². The molecule has 0 aromatic heterocycles. The number of amides is 2. The summed E-state index contributed by atoms with van der Waals surface area (Å²) in [6.45, 7) is 1.44. The van der Waals surface area contributed by atoms with Gasteiger partial charge in [-0.3, -0.25) is 24.5 Å². The molecule has 1 aliphatic heterocycles. The van der Waals surface area contributed by atoms with E-state index in [4.69, 9.17) is 4.74 Å². The minimum atomic E-state index is -0.783. The van der Waals surface area contributed by atoms with Crippen LogP contribution in [-0.4, -0.2) is 35.1 Å². The molecule has 2 aliphatic carbocycles. The third-order valence-corrected chi connectivity index (χ3v) is 6.96. The van der Waals surface area contributed by atoms with E-state index in [1.54, 1.807) is 12.1 Å². The number of benzene rings is 2. The maximum Gasteiger partial charge on any atom is 0.338 e. The van der Waals surface area contributed by atoms with Gasteiger partial charge >= 0.3 is 5.97 Å². The minimum Gasteiger partial charge on any atom is -0.454 e. The fraction of sp³-hybridized carbons (Fsp3) is 0.280. The molecule has 2 fully saturated rings. The van der Waals surface area contributed by atoms with Crippen LogP contribution in [0.4, 0.5) is 11.4 Å². The van der Waals surface area contributed by atoms with Gasteiger partial charge in [0.05, 0.1) is 28.0 Å². The molecule has 1 heterocycles. The van der Waals surface area contributed by atoms with Crippen LogP contribution < -0.4 is 4.90 Å². The summed E-state index contributed by atoms with van der Waals surface area (Å²) < 4.78 is 5.11. The molecule has 9 nitrogen and oxygen atoms in total. The number of nitrogens with zero attached hydrogens (tertiary/aromatic N) is 2. The number of imide groups is 1. The van der Waals surface area contributed by atoms with Crippen LogP contribution in [0.25, 0.3) is 0 Å². The topological polar surface area (TPSA) is 124 Å². The predicted octanol–water partition coefficient (Wildman–Crippen LogP) is 3.34. The Labute approximate surface area is 194 Å². The summed E-state index contributed by atoms with van der Waals surface area (Å²) >= 11 is 0. The van der Waals surface area contributed by atoms with E-state index in [-0.39, 0.29) is 52.3 Å². The van der Waals surface area contributed by atoms with Gasteiger partial charge < -0.3 is 4.74 Å². The summed E-state index contributed by atoms with van der Waals surface area (Å²) in [4.78, 5) is 62.4. The molecule has 0 N–H and O–H groups in total. The molecule has 1 saturated carbocycles. The van der Waals surface area contributed by atoms with Crippen molar-refractivity contribution in [2.45, 2.75) is 13.3 Å². The third kappa shape index (κ3) is 3.40. The number of rotatable bonds is 6. The first-order valence-corrected chi connectivity index (χ1v) is 10.9. The number of anilines is 1. The summed E-state index contributed by atoms with van der Waals surface area (Å²) in [6, 6.07) is 11.0. The fourth-order valence-electron chi connectivity index (χ4n) is 5.37. The number of fused-ring (bicyclic) bond motifs is 5. The number of carbonyl (C=O) groups is 4. The summed E-state index contributed by atoms with van der Waals surface area (Å²) in [7, 11) is 0. The van der Waals surface area contributed by atoms with Crippen molar-refractivity contribution >= 4 is 34.9 Å². The average Bonchev–Trinajstić information content (AvgIpc) is 3.47. The number of hydrogen-bond acceptors (Lipinski definition) is 7. The van der Waals surface area contributed by atoms with E-state index < -0.39 is 23.3 Å². The number of nitro benzene ring substituents is 1. The molecule has 3 aliphatic rings. The number of carbonyl (C=O) groups excluding carboxylic acids is 4. The van der Waals surface area contributed by atoms with Gasteiger partial charge in [0.25, 0.3) is 5.69 Å². The second kappa shape index (κ2) is 8.02. The third-order valence-electron chi connectivity index (χ3n) is 6.96. The van der Waals surface area contributed by atoms with Crippen molar-refractivity contribution < 1.29 is 28.8 Å². The molecule has 0 spiro atoms. The van der Waals surface area contributed by atoms with Crippen molar-refractivity contribution in [1.82, 2.24) is 0 Å². The average molecular weight is 460 g/mol. The minimum absolute atomic E-state index is 0.0787. The second-order valence-electron chi connectivity index (χ2n) is 8.83. The van der Waals surface area contributed by atoms with Crippen molar-refractivity contribution in [2.75, 3.05) is 11.5 Å². The standard InChI is InChI=1S/C25H20N2O7/c1-13-9-16-11-19(13)22-21(16)23(29)26(24(22)30)18-4-2-3-15(10-18)25(31)34-12-20(28)14-5-7-17(8-6-14)27(32)33/h2-10,16,19,21-22H,11-12H2,1H3/t16-,19+,21-,22-/m1/s1. The summed E-state index contributed by atoms with van der Waals surface area (Å²) in [5.74, 6) is -2.32. The van der Waals surface area contributed by atoms with Crippen LogP contribution in [0.15, 0.2) is 60.2 Å². The highest BCUT2D eigenvalue weighted by molar-refractivity contribution is 6.23. The fourth-order valence-corrected chi connectivity index (χ4v) is 5.37. The molecule has 2 amide bonds. The Morgan fingerprint density at radius 3 is 2.47 bits per heavy atom. The van der Waals surface area contributed by atoms with E-state index in [0.29, 0.717) is 5.69 Å². The van der Waals surface area contributed by atoms with Crippen molar-refractivity contribution in [3.8, 4) is 0 Å². The molecule has 9 heteroatoms. The second-order valence-corrected chi connectivity index (χ2v) is 8.83. The first-order valence-electron chi connectivity index (χ1n) is 10.9. The largest absolute Gasteiger partial charge is 0.454 e. The van der Waals surface area contributed by atoms with Gasteiger partial charge in [-0.2, -0.15) is 0 Å². The Hall–Kier alpha value is -4.14. The lowest BCUT2D eigenvalue weighted by Crippen LogP contribution is -2.33. The molecule has 0 radical (unpaired) electrons. The highest BCUT2D eigenvalue weighted by atomic mass is 16.6. The van der Waals surface area contributed by atoms with Crippen molar-refractivity contribution in [1.29, 1.82) is 0 Å². The number of allylic oxidation sites excluding steroid dienone is 2. The Morgan fingerprint density at radius 2 is 1.76 bits per heavy atom. The smallest absolute Gasteiger partial charge is 0.338 e. The molecule has 2 aromatic rings. The lowest BCUT2D eigenvalue weighted by molar-refractivity contribution is -0.384. The monoisotopic (exact) mass is 460 g/mol. The highest BCUT2D eigenvalue weighted by Gasteiger charge is 2.60. The van der Waals surface area contributed by atoms with Gasteiger partial charge in [0, 0.05) is 17.7 Å². The van der Waals surface area contributed by atoms with E-state index in [1.165, 1.54) is 41.3 Å². The van der Waals surface area contributed by atoms with Crippen molar-refractivity contribution in [3.63, 3.8) is 0 Å². The number of non-ortho nitro benzene ring substituents is 1. The molecular weight excluding hydrogens is 440 g/mol. The van der Waals surface area contributed by atoms with Crippen LogP contribution >= 0.6 is 0 Å². The van der Waals surface area contributed by atoms with Crippen LogP contribution in [0.5, 0.6) is 0 Å². The van der Waals surface area contributed by atoms with E-state index >= 15 is 0 Å². The summed E-state index contributed by atoms with van der Waals surface area (Å²) in [5, 5.41) is 10.7. The van der Waals surface area contributed by atoms with Crippen molar-refractivity contribution in [3.05, 3.63) is 81.4 Å². The van der Waals surface area contributed by atoms with Crippen LogP contribution in [0.1, 0.15) is 34.1 Å². The SMILES string of the molecule is CC1=C[C@@H]2C[C@@H]1[C@H]1C(=O)N(c3cccc(C(=O)OCC(=O)c4ccc([N+](=O)[O-])cc4)c3)C(=O)[C@@H]12. The predicted molar refractivity (Wildman–Crippen MR) is 119 cm³/mol. The zero-order chi connectivity index (χ0) is 24.1. The zero-order valence-electron chi connectivity index (χ0n) is 18.2. The Bertz CT molecular complexity index is 1280. The first kappa shape index (κ1) is 21.7. The number of Topliss-reactive ketones (excluding diaryl/α,β-unsaturated/α-hetero) is 1. The molecule has 2 aromatic carbocycles. The van der Waals surface area contributed by atoms with Gasteiger partial charge in [-0.1, -0.05) is 17.7 Å². The Morgan fingerprint density at radius 1 is 1.06 bits per heavy atom. The van der Waals surface area contributed by atoms with Gasteiger partial charge in [0.2, 0.25) is 11.8 Å². The summed E-state index contributed by atoms with van der Waals surface area (Å²) in [5.41, 5.74) is 1.58. The van der Waals surface area contributed by atoms with Crippen LogP contribution in [0.3, 0.4) is 0 Å². The zero-order valence-corrected chi connectivity index (χ0v) is 18.2. The number of esters is 1. The number of nitro groups is 1. The quantitative estimate of drug-likeness (QED) is 0.162. The van der Waals surface area contributed by atoms with E-state index in [1.807, 2.05) is 6.92 Å². The lowest BCUT2D eigenvalue weighted by atomic mass is 9.82. The van der Waals surface area contributed by atoms with E-state index in [0.717, 1.165) is 12.0 Å². The molecule has 1 saturated heterocycles.